The summed E-state index contributed by atoms with van der Waals surface area (Å²) in [7, 11) is 0. The molecule has 4 nitrogen and oxygen atoms in total. The molecule has 1 rings (SSSR count). The zero-order chi connectivity index (χ0) is 12.7. The van der Waals surface area contributed by atoms with Gasteiger partial charge in [-0.05, 0) is 32.2 Å². The van der Waals surface area contributed by atoms with E-state index in [0.717, 1.165) is 45.1 Å². The van der Waals surface area contributed by atoms with Gasteiger partial charge in [-0.15, -0.1) is 0 Å². The van der Waals surface area contributed by atoms with E-state index in [2.05, 4.69) is 24.5 Å². The summed E-state index contributed by atoms with van der Waals surface area (Å²) in [6, 6.07) is 0.133. The average Bonchev–Trinajstić information content (AvgIpc) is 2.84. The van der Waals surface area contributed by atoms with Gasteiger partial charge in [0, 0.05) is 12.6 Å². The maximum atomic E-state index is 12.3. The van der Waals surface area contributed by atoms with E-state index in [9.17, 15) is 4.79 Å². The number of nitrogens with two attached hydrogens (primary N) is 1. The molecule has 0 aliphatic carbocycles. The van der Waals surface area contributed by atoms with Gasteiger partial charge in [-0.2, -0.15) is 0 Å². The van der Waals surface area contributed by atoms with Crippen molar-refractivity contribution in [3.05, 3.63) is 0 Å². The van der Waals surface area contributed by atoms with E-state index in [1.54, 1.807) is 0 Å². The molecule has 1 aliphatic rings. The molecule has 0 spiro atoms. The van der Waals surface area contributed by atoms with Crippen LogP contribution in [-0.4, -0.2) is 30.6 Å². The quantitative estimate of drug-likeness (QED) is 0.626. The van der Waals surface area contributed by atoms with Crippen molar-refractivity contribution in [2.75, 3.05) is 13.1 Å². The lowest BCUT2D eigenvalue weighted by atomic mass is 9.92. The lowest BCUT2D eigenvalue weighted by Gasteiger charge is -2.29. The molecule has 0 aromatic rings. The number of carbonyl (C=O) groups is 1. The highest BCUT2D eigenvalue weighted by molar-refractivity contribution is 5.86. The molecular weight excluding hydrogens is 214 g/mol. The first-order chi connectivity index (χ1) is 8.18. The van der Waals surface area contributed by atoms with Crippen LogP contribution in [0.1, 0.15) is 52.4 Å². The fraction of sp³-hybridized carbons (Fsp3) is 0.923. The maximum absolute atomic E-state index is 12.3. The van der Waals surface area contributed by atoms with Gasteiger partial charge in [0.1, 0.15) is 0 Å². The zero-order valence-corrected chi connectivity index (χ0v) is 11.2. The summed E-state index contributed by atoms with van der Waals surface area (Å²) < 4.78 is 0. The van der Waals surface area contributed by atoms with Crippen molar-refractivity contribution in [2.24, 2.45) is 5.73 Å². The number of nitrogens with one attached hydrogen (secondary N) is 2. The van der Waals surface area contributed by atoms with Crippen molar-refractivity contribution in [1.82, 2.24) is 10.6 Å². The highest BCUT2D eigenvalue weighted by atomic mass is 16.2. The lowest BCUT2D eigenvalue weighted by Crippen LogP contribution is -2.56. The highest BCUT2D eigenvalue weighted by Gasteiger charge is 2.39. The molecule has 4 N–H and O–H groups in total. The van der Waals surface area contributed by atoms with Crippen molar-refractivity contribution >= 4 is 5.91 Å². The average molecular weight is 241 g/mol. The van der Waals surface area contributed by atoms with Gasteiger partial charge in [0.05, 0.1) is 5.54 Å². The predicted molar refractivity (Wildman–Crippen MR) is 70.8 cm³/mol. The van der Waals surface area contributed by atoms with E-state index < -0.39 is 0 Å². The number of rotatable bonds is 7. The van der Waals surface area contributed by atoms with E-state index in [1.165, 1.54) is 0 Å². The van der Waals surface area contributed by atoms with Gasteiger partial charge in [0.2, 0.25) is 5.91 Å². The molecule has 2 atom stereocenters. The number of hydrogen-bond acceptors (Lipinski definition) is 3. The second-order valence-corrected chi connectivity index (χ2v) is 5.01. The van der Waals surface area contributed by atoms with Crippen LogP contribution in [0.4, 0.5) is 0 Å². The number of amides is 1. The molecule has 2 unspecified atom stereocenters. The highest BCUT2D eigenvalue weighted by Crippen LogP contribution is 2.23. The molecular formula is C13H27N3O. The second-order valence-electron chi connectivity index (χ2n) is 5.01. The monoisotopic (exact) mass is 241 g/mol. The molecule has 1 amide bonds. The molecule has 0 bridgehead atoms. The van der Waals surface area contributed by atoms with Crippen LogP contribution in [0.2, 0.25) is 0 Å². The predicted octanol–water partition coefficient (Wildman–Crippen LogP) is 1.15. The van der Waals surface area contributed by atoms with Crippen molar-refractivity contribution < 1.29 is 4.79 Å². The molecule has 0 aromatic heterocycles. The van der Waals surface area contributed by atoms with Gasteiger partial charge in [-0.25, -0.2) is 0 Å². The smallest absolute Gasteiger partial charge is 0.240 e. The first-order valence-electron chi connectivity index (χ1n) is 6.94. The first-order valence-corrected chi connectivity index (χ1v) is 6.94. The van der Waals surface area contributed by atoms with Gasteiger partial charge in [-0.1, -0.05) is 26.7 Å². The van der Waals surface area contributed by atoms with Crippen molar-refractivity contribution in [3.8, 4) is 0 Å². The summed E-state index contributed by atoms with van der Waals surface area (Å²) in [5.74, 6) is 0.143. The second kappa shape index (κ2) is 6.97. The molecule has 0 aromatic carbocycles. The molecule has 1 fully saturated rings. The van der Waals surface area contributed by atoms with Crippen LogP contribution in [0.5, 0.6) is 0 Å². The fourth-order valence-electron chi connectivity index (χ4n) is 2.49. The van der Waals surface area contributed by atoms with E-state index >= 15 is 0 Å². The standard InChI is InChI=1S/C13H27N3O/c1-3-5-7-11(10-14)16-12(17)13(4-2)8-6-9-15-13/h11,15H,3-10,14H2,1-2H3,(H,16,17). The number of hydrogen-bond donors (Lipinski definition) is 3. The Hall–Kier alpha value is -0.610. The zero-order valence-electron chi connectivity index (χ0n) is 11.2. The fourth-order valence-corrected chi connectivity index (χ4v) is 2.49. The van der Waals surface area contributed by atoms with E-state index in [1.807, 2.05) is 0 Å². The summed E-state index contributed by atoms with van der Waals surface area (Å²) in [5.41, 5.74) is 5.38. The Kier molecular flexibility index (Phi) is 5.92. The Bertz CT molecular complexity index is 237. The van der Waals surface area contributed by atoms with E-state index in [-0.39, 0.29) is 17.5 Å². The number of unbranched alkanes of at least 4 members (excludes halogenated alkanes) is 1. The summed E-state index contributed by atoms with van der Waals surface area (Å²) in [6.45, 7) is 5.71. The van der Waals surface area contributed by atoms with Gasteiger partial charge < -0.3 is 16.4 Å². The van der Waals surface area contributed by atoms with Gasteiger partial charge in [-0.3, -0.25) is 4.79 Å². The summed E-state index contributed by atoms with van der Waals surface area (Å²) in [5, 5.41) is 6.46. The van der Waals surface area contributed by atoms with Crippen LogP contribution in [0.15, 0.2) is 0 Å². The van der Waals surface area contributed by atoms with Crippen LogP contribution >= 0.6 is 0 Å². The Morgan fingerprint density at radius 2 is 2.29 bits per heavy atom. The molecule has 4 heteroatoms. The SMILES string of the molecule is CCCCC(CN)NC(=O)C1(CC)CCCN1. The van der Waals surface area contributed by atoms with Crippen molar-refractivity contribution in [2.45, 2.75) is 64.0 Å². The Morgan fingerprint density at radius 1 is 1.53 bits per heavy atom. The summed E-state index contributed by atoms with van der Waals surface area (Å²) >= 11 is 0. The summed E-state index contributed by atoms with van der Waals surface area (Å²) in [6.07, 6.45) is 6.13. The topological polar surface area (TPSA) is 67.1 Å². The minimum Gasteiger partial charge on any atom is -0.350 e. The van der Waals surface area contributed by atoms with Crippen LogP contribution in [-0.2, 0) is 4.79 Å². The van der Waals surface area contributed by atoms with Crippen molar-refractivity contribution in [3.63, 3.8) is 0 Å². The van der Waals surface area contributed by atoms with Gasteiger partial charge >= 0.3 is 0 Å². The van der Waals surface area contributed by atoms with E-state index in [4.69, 9.17) is 5.73 Å². The molecule has 0 radical (unpaired) electrons. The Morgan fingerprint density at radius 3 is 2.76 bits per heavy atom. The van der Waals surface area contributed by atoms with Gasteiger partial charge in [0.15, 0.2) is 0 Å². The Balaban J connectivity index is 2.50. The molecule has 0 saturated carbocycles. The summed E-state index contributed by atoms with van der Waals surface area (Å²) in [4.78, 5) is 12.3. The van der Waals surface area contributed by atoms with Crippen LogP contribution in [0.3, 0.4) is 0 Å². The van der Waals surface area contributed by atoms with Crippen LogP contribution < -0.4 is 16.4 Å². The molecule has 1 saturated heterocycles. The van der Waals surface area contributed by atoms with E-state index in [0.29, 0.717) is 6.54 Å². The minimum atomic E-state index is -0.334. The third kappa shape index (κ3) is 3.68. The van der Waals surface area contributed by atoms with Crippen LogP contribution in [0, 0.1) is 0 Å². The first kappa shape index (κ1) is 14.5. The van der Waals surface area contributed by atoms with Gasteiger partial charge in [0.25, 0.3) is 0 Å². The number of carbonyl (C=O) groups excluding carboxylic acids is 1. The molecule has 17 heavy (non-hydrogen) atoms. The Labute approximate surface area is 105 Å². The largest absolute Gasteiger partial charge is 0.350 e. The molecule has 1 aliphatic heterocycles. The van der Waals surface area contributed by atoms with Crippen molar-refractivity contribution in [1.29, 1.82) is 0 Å². The third-order valence-corrected chi connectivity index (χ3v) is 3.81. The molecule has 100 valence electrons. The maximum Gasteiger partial charge on any atom is 0.240 e. The molecule has 1 heterocycles. The normalized spacial score (nSPS) is 25.8. The third-order valence-electron chi connectivity index (χ3n) is 3.81. The minimum absolute atomic E-state index is 0.133. The van der Waals surface area contributed by atoms with Crippen LogP contribution in [0.25, 0.3) is 0 Å². The lowest BCUT2D eigenvalue weighted by molar-refractivity contribution is -0.128.